The molecule has 0 spiro atoms. The Kier molecular flexibility index (Phi) is 4.76. The predicted octanol–water partition coefficient (Wildman–Crippen LogP) is 2.87. The first kappa shape index (κ1) is 20.0. The van der Waals surface area contributed by atoms with Crippen LogP contribution in [0.2, 0.25) is 0 Å². The van der Waals surface area contributed by atoms with Crippen molar-refractivity contribution in [1.29, 1.82) is 0 Å². The lowest BCUT2D eigenvalue weighted by atomic mass is 9.73. The van der Waals surface area contributed by atoms with Crippen molar-refractivity contribution in [2.24, 2.45) is 11.3 Å². The monoisotopic (exact) mass is 460 g/mol. The van der Waals surface area contributed by atoms with Crippen LogP contribution in [0.25, 0.3) is 0 Å². The molecule has 2 fully saturated rings. The average Bonchev–Trinajstić information content (AvgIpc) is 2.94. The Labute approximate surface area is 176 Å². The molecule has 2 aliphatic rings. The maximum Gasteiger partial charge on any atom is 0.289 e. The molecule has 3 heterocycles. The van der Waals surface area contributed by atoms with Crippen LogP contribution >= 0.6 is 15.9 Å². The summed E-state index contributed by atoms with van der Waals surface area (Å²) in [4.78, 5) is 32.5. The van der Waals surface area contributed by atoms with Gasteiger partial charge in [-0.3, -0.25) is 14.5 Å². The van der Waals surface area contributed by atoms with Crippen LogP contribution in [0.5, 0.6) is 5.75 Å². The zero-order valence-electron chi connectivity index (χ0n) is 16.3. The maximum atomic E-state index is 13.4. The van der Waals surface area contributed by atoms with Crippen molar-refractivity contribution in [3.05, 3.63) is 52.6 Å². The molecule has 1 aromatic heterocycles. The van der Waals surface area contributed by atoms with E-state index in [9.17, 15) is 14.7 Å². The average molecular weight is 461 g/mol. The van der Waals surface area contributed by atoms with Crippen LogP contribution in [0.4, 0.5) is 5.82 Å². The molecule has 29 heavy (non-hydrogen) atoms. The van der Waals surface area contributed by atoms with Crippen molar-refractivity contribution in [3.63, 3.8) is 0 Å². The van der Waals surface area contributed by atoms with E-state index in [0.29, 0.717) is 17.1 Å². The van der Waals surface area contributed by atoms with Crippen LogP contribution < -0.4 is 9.64 Å². The number of ketones is 1. The number of aromatic nitrogens is 1. The molecule has 2 aromatic rings. The fraction of sp³-hybridized carbons (Fsp3) is 0.381. The van der Waals surface area contributed by atoms with E-state index in [1.165, 1.54) is 12.0 Å². The standard InChI is InChI=1S/C21H21BrN2O5/c1-20(2)11-29-21(27)16(18(20)25)17(13-6-4-5-7-14(13)28-3)24(19(21)26)15-9-8-12(22)10-23-15/h4-10,16-17,27H,11H2,1-3H3. The highest BCUT2D eigenvalue weighted by Gasteiger charge is 2.68. The van der Waals surface area contributed by atoms with Gasteiger partial charge in [-0.05, 0) is 34.1 Å². The molecule has 2 aliphatic heterocycles. The number of ether oxygens (including phenoxy) is 2. The highest BCUT2D eigenvalue weighted by Crippen LogP contribution is 2.53. The number of benzene rings is 1. The first-order valence-corrected chi connectivity index (χ1v) is 9.99. The third-order valence-corrected chi connectivity index (χ3v) is 6.03. The highest BCUT2D eigenvalue weighted by molar-refractivity contribution is 9.10. The van der Waals surface area contributed by atoms with Gasteiger partial charge in [0.2, 0.25) is 0 Å². The molecule has 0 saturated carbocycles. The van der Waals surface area contributed by atoms with Gasteiger partial charge in [0.25, 0.3) is 11.7 Å². The number of halogens is 1. The number of amides is 1. The summed E-state index contributed by atoms with van der Waals surface area (Å²) in [5.74, 6) is -3.51. The molecule has 152 valence electrons. The summed E-state index contributed by atoms with van der Waals surface area (Å²) >= 11 is 3.33. The minimum atomic E-state index is -2.26. The fourth-order valence-corrected chi connectivity index (χ4v) is 4.27. The number of rotatable bonds is 3. The molecule has 1 N–H and O–H groups in total. The minimum Gasteiger partial charge on any atom is -0.496 e. The van der Waals surface area contributed by atoms with Gasteiger partial charge < -0.3 is 14.6 Å². The molecule has 7 nitrogen and oxygen atoms in total. The summed E-state index contributed by atoms with van der Waals surface area (Å²) in [6, 6.07) is 9.70. The van der Waals surface area contributed by atoms with Gasteiger partial charge in [-0.25, -0.2) is 4.98 Å². The maximum absolute atomic E-state index is 13.4. The normalized spacial score (nSPS) is 28.4. The molecular weight excluding hydrogens is 440 g/mol. The van der Waals surface area contributed by atoms with Crippen molar-refractivity contribution < 1.29 is 24.2 Å². The van der Waals surface area contributed by atoms with E-state index >= 15 is 0 Å². The lowest BCUT2D eigenvalue weighted by molar-refractivity contribution is -0.244. The largest absolute Gasteiger partial charge is 0.496 e. The molecular formula is C21H21BrN2O5. The number of methoxy groups -OCH3 is 1. The van der Waals surface area contributed by atoms with Crippen molar-refractivity contribution in [1.82, 2.24) is 4.98 Å². The second-order valence-electron chi connectivity index (χ2n) is 7.91. The summed E-state index contributed by atoms with van der Waals surface area (Å²) in [5.41, 5.74) is -0.246. The smallest absolute Gasteiger partial charge is 0.289 e. The molecule has 4 rings (SSSR count). The number of para-hydroxylation sites is 1. The van der Waals surface area contributed by atoms with E-state index in [-0.39, 0.29) is 12.4 Å². The van der Waals surface area contributed by atoms with Crippen LogP contribution in [0, 0.1) is 11.3 Å². The van der Waals surface area contributed by atoms with Gasteiger partial charge in [-0.1, -0.05) is 32.0 Å². The lowest BCUT2D eigenvalue weighted by Gasteiger charge is -2.40. The van der Waals surface area contributed by atoms with Crippen LogP contribution in [-0.4, -0.2) is 41.3 Å². The van der Waals surface area contributed by atoms with Gasteiger partial charge in [0.15, 0.2) is 5.78 Å². The number of carbonyl (C=O) groups excluding carboxylic acids is 2. The quantitative estimate of drug-likeness (QED) is 0.757. The number of anilines is 1. The van der Waals surface area contributed by atoms with Gasteiger partial charge in [-0.2, -0.15) is 0 Å². The second kappa shape index (κ2) is 6.90. The number of pyridine rings is 1. The summed E-state index contributed by atoms with van der Waals surface area (Å²) in [6.07, 6.45) is 1.56. The summed E-state index contributed by atoms with van der Waals surface area (Å²) in [5, 5.41) is 11.3. The Hall–Kier alpha value is -2.29. The van der Waals surface area contributed by atoms with Crippen molar-refractivity contribution in [3.8, 4) is 5.75 Å². The SMILES string of the molecule is COc1ccccc1C1C2C(=O)C(C)(C)COC2(O)C(=O)N1c1ccc(Br)cn1. The first-order valence-electron chi connectivity index (χ1n) is 9.19. The number of aliphatic hydroxyl groups is 1. The zero-order chi connectivity index (χ0) is 21.0. The van der Waals surface area contributed by atoms with Gasteiger partial charge in [0, 0.05) is 21.6 Å². The van der Waals surface area contributed by atoms with Gasteiger partial charge in [0.1, 0.15) is 17.5 Å². The van der Waals surface area contributed by atoms with Gasteiger partial charge in [-0.15, -0.1) is 0 Å². The Morgan fingerprint density at radius 2 is 1.97 bits per heavy atom. The first-order chi connectivity index (χ1) is 13.7. The molecule has 0 radical (unpaired) electrons. The van der Waals surface area contributed by atoms with E-state index in [1.54, 1.807) is 56.4 Å². The predicted molar refractivity (Wildman–Crippen MR) is 108 cm³/mol. The third-order valence-electron chi connectivity index (χ3n) is 5.56. The topological polar surface area (TPSA) is 89.0 Å². The molecule has 0 bridgehead atoms. The highest BCUT2D eigenvalue weighted by atomic mass is 79.9. The minimum absolute atomic E-state index is 0.0508. The molecule has 3 atom stereocenters. The number of hydrogen-bond donors (Lipinski definition) is 1. The van der Waals surface area contributed by atoms with E-state index in [1.807, 2.05) is 0 Å². The molecule has 8 heteroatoms. The van der Waals surface area contributed by atoms with E-state index < -0.39 is 29.1 Å². The Morgan fingerprint density at radius 3 is 2.62 bits per heavy atom. The molecule has 1 amide bonds. The molecule has 3 unspecified atom stereocenters. The summed E-state index contributed by atoms with van der Waals surface area (Å²) in [7, 11) is 1.52. The van der Waals surface area contributed by atoms with Crippen molar-refractivity contribution >= 4 is 33.4 Å². The Balaban J connectivity index is 1.95. The van der Waals surface area contributed by atoms with Crippen LogP contribution in [0.3, 0.4) is 0 Å². The summed E-state index contributed by atoms with van der Waals surface area (Å²) in [6.45, 7) is 3.45. The number of fused-ring (bicyclic) bond motifs is 1. The third kappa shape index (κ3) is 2.97. The van der Waals surface area contributed by atoms with Crippen molar-refractivity contribution in [2.75, 3.05) is 18.6 Å². The molecule has 0 aliphatic carbocycles. The number of hydrogen-bond acceptors (Lipinski definition) is 6. The van der Waals surface area contributed by atoms with Crippen LogP contribution in [0.1, 0.15) is 25.5 Å². The van der Waals surface area contributed by atoms with E-state index in [2.05, 4.69) is 20.9 Å². The Morgan fingerprint density at radius 1 is 1.24 bits per heavy atom. The van der Waals surface area contributed by atoms with Gasteiger partial charge in [0.05, 0.1) is 19.8 Å². The second-order valence-corrected chi connectivity index (χ2v) is 8.82. The Bertz CT molecular complexity index is 977. The molecule has 2 saturated heterocycles. The van der Waals surface area contributed by atoms with E-state index in [0.717, 1.165) is 4.47 Å². The fourth-order valence-electron chi connectivity index (χ4n) is 4.04. The van der Waals surface area contributed by atoms with Crippen LogP contribution in [-0.2, 0) is 14.3 Å². The zero-order valence-corrected chi connectivity index (χ0v) is 17.8. The number of carbonyl (C=O) groups is 2. The van der Waals surface area contributed by atoms with E-state index in [4.69, 9.17) is 9.47 Å². The van der Waals surface area contributed by atoms with Crippen molar-refractivity contribution in [2.45, 2.75) is 25.7 Å². The number of nitrogens with zero attached hydrogens (tertiary/aromatic N) is 2. The van der Waals surface area contributed by atoms with Gasteiger partial charge >= 0.3 is 0 Å². The number of Topliss-reactive ketones (excluding diaryl/α,β-unsaturated/α-hetero) is 1. The van der Waals surface area contributed by atoms with Crippen LogP contribution in [0.15, 0.2) is 47.1 Å². The lowest BCUT2D eigenvalue weighted by Crippen LogP contribution is -2.57. The summed E-state index contributed by atoms with van der Waals surface area (Å²) < 4.78 is 11.9. The molecule has 1 aromatic carbocycles.